The van der Waals surface area contributed by atoms with Crippen molar-refractivity contribution < 1.29 is 15.7 Å². The summed E-state index contributed by atoms with van der Waals surface area (Å²) < 4.78 is 18.3. The van der Waals surface area contributed by atoms with Gasteiger partial charge in [-0.25, -0.2) is 25.1 Å². The second kappa shape index (κ2) is 6.88. The molecule has 0 saturated heterocycles. The highest BCUT2D eigenvalue weighted by molar-refractivity contribution is 6.31. The number of carbonyl (C=O) groups excluding carboxylic acids is 1. The Morgan fingerprint density at radius 1 is 1.46 bits per heavy atom. The van der Waals surface area contributed by atoms with Crippen LogP contribution in [-0.4, -0.2) is 35.7 Å². The second-order valence-electron chi connectivity index (χ2n) is 5.07. The zero-order chi connectivity index (χ0) is 18.0. The van der Waals surface area contributed by atoms with Crippen molar-refractivity contribution in [3.63, 3.8) is 0 Å². The molecular weight excluding hydrogens is 334 g/mol. The molecule has 0 fully saturated rings. The van der Waals surface area contributed by atoms with Gasteiger partial charge in [-0.3, -0.25) is 0 Å². The summed E-state index contributed by atoms with van der Waals surface area (Å²) >= 11 is 5.97. The number of ether oxygens (including phenoxy) is 2. The number of anilines is 1. The summed E-state index contributed by atoms with van der Waals surface area (Å²) in [7, 11) is 1.62. The number of amidine groups is 1. The summed E-state index contributed by atoms with van der Waals surface area (Å²) in [5, 5.41) is 6.38. The van der Waals surface area contributed by atoms with Crippen molar-refractivity contribution in [3.05, 3.63) is 23.2 Å². The minimum Gasteiger partial charge on any atom is -0.449 e. The van der Waals surface area contributed by atoms with Crippen LogP contribution in [-0.2, 0) is 4.74 Å². The van der Waals surface area contributed by atoms with Gasteiger partial charge in [-0.2, -0.15) is 0 Å². The molecule has 8 nitrogen and oxygen atoms in total. The number of fused-ring (bicyclic) bond motifs is 2. The minimum absolute atomic E-state index is 0.126. The molecule has 0 bridgehead atoms. The van der Waals surface area contributed by atoms with E-state index in [1.165, 1.54) is 5.01 Å². The quantitative estimate of drug-likeness (QED) is 0.856. The number of hydrogen-bond donors (Lipinski definition) is 1. The first kappa shape index (κ1) is 14.9. The van der Waals surface area contributed by atoms with Crippen LogP contribution in [0.3, 0.4) is 0 Å². The maximum absolute atomic E-state index is 11.9. The summed E-state index contributed by atoms with van der Waals surface area (Å²) in [6.45, 7) is 2.20. The van der Waals surface area contributed by atoms with Crippen LogP contribution in [0.4, 0.5) is 10.6 Å². The molecule has 0 unspecified atom stereocenters. The Bertz CT molecular complexity index is 847. The molecule has 2 aromatic rings. The molecule has 3 rings (SSSR count). The molecule has 1 aromatic heterocycles. The van der Waals surface area contributed by atoms with E-state index in [9.17, 15) is 4.79 Å². The molecule has 0 aliphatic carbocycles. The van der Waals surface area contributed by atoms with Crippen molar-refractivity contribution >= 4 is 40.6 Å². The SMILES string of the molecule is [2H]N(C(=O)OCCCC)C1=NN(C)c2nc3ccc(Cl)cc3nc2O1. The Morgan fingerprint density at radius 2 is 2.29 bits per heavy atom. The van der Waals surface area contributed by atoms with Crippen LogP contribution in [0.5, 0.6) is 5.88 Å². The predicted octanol–water partition coefficient (Wildman–Crippen LogP) is 2.91. The minimum atomic E-state index is -0.874. The highest BCUT2D eigenvalue weighted by Crippen LogP contribution is 2.30. The Kier molecular flexibility index (Phi) is 4.28. The van der Waals surface area contributed by atoms with Gasteiger partial charge in [0.05, 0.1) is 17.6 Å². The van der Waals surface area contributed by atoms with Crippen LogP contribution in [0.1, 0.15) is 19.8 Å². The number of nitrogens with one attached hydrogen (secondary N) is 1. The number of carbonyl (C=O) groups is 1. The van der Waals surface area contributed by atoms with E-state index in [2.05, 4.69) is 15.1 Å². The van der Waals surface area contributed by atoms with Gasteiger partial charge in [-0.05, 0) is 24.6 Å². The molecule has 1 aliphatic heterocycles. The average Bonchev–Trinajstić information content (AvgIpc) is 2.59. The summed E-state index contributed by atoms with van der Waals surface area (Å²) in [5.41, 5.74) is 1.15. The fraction of sp³-hybridized carbons (Fsp3) is 0.333. The van der Waals surface area contributed by atoms with E-state index < -0.39 is 6.09 Å². The molecule has 1 aromatic carbocycles. The van der Waals surface area contributed by atoms with Crippen LogP contribution in [0.25, 0.3) is 11.0 Å². The number of benzene rings is 1. The Balaban J connectivity index is 1.84. The number of hydrazone groups is 1. The van der Waals surface area contributed by atoms with Gasteiger partial charge in [0.2, 0.25) is 5.82 Å². The third-order valence-electron chi connectivity index (χ3n) is 3.22. The summed E-state index contributed by atoms with van der Waals surface area (Å²) in [5.74, 6) is 0.493. The Hall–Kier alpha value is -2.61. The summed E-state index contributed by atoms with van der Waals surface area (Å²) in [6, 6.07) is 4.82. The standard InChI is InChI=1S/C15H16ClN5O3/c1-3-4-7-23-15(22)19-14-20-21(2)12-13(24-14)18-11-8-9(16)5-6-10(11)17-12/h5-6,8H,3-4,7H2,1-2H3,(H,19,20,22)/i/hD. The van der Waals surface area contributed by atoms with Crippen LogP contribution in [0.15, 0.2) is 23.3 Å². The molecule has 1 amide bonds. The number of hydrogen-bond acceptors (Lipinski definition) is 7. The molecule has 2 heterocycles. The molecule has 0 atom stereocenters. The molecule has 0 spiro atoms. The van der Waals surface area contributed by atoms with Crippen molar-refractivity contribution in [1.29, 1.82) is 0 Å². The fourth-order valence-corrected chi connectivity index (χ4v) is 2.19. The molecule has 1 N–H and O–H groups in total. The normalized spacial score (nSPS) is 13.7. The van der Waals surface area contributed by atoms with Gasteiger partial charge in [0.1, 0.15) is 0 Å². The third kappa shape index (κ3) is 3.48. The number of unbranched alkanes of at least 4 members (excludes halogenated alkanes) is 1. The lowest BCUT2D eigenvalue weighted by molar-refractivity contribution is 0.148. The zero-order valence-electron chi connectivity index (χ0n) is 14.2. The van der Waals surface area contributed by atoms with Crippen LogP contribution in [0, 0.1) is 0 Å². The molecular formula is C15H16ClN5O3. The first-order valence-corrected chi connectivity index (χ1v) is 7.80. The molecule has 1 aliphatic rings. The first-order valence-electron chi connectivity index (χ1n) is 7.87. The lowest BCUT2D eigenvalue weighted by atomic mass is 10.3. The maximum atomic E-state index is 11.9. The number of rotatable bonds is 3. The smallest absolute Gasteiger partial charge is 0.415 e. The molecule has 9 heteroatoms. The van der Waals surface area contributed by atoms with Gasteiger partial charge in [0.15, 0.2) is 1.41 Å². The summed E-state index contributed by atoms with van der Waals surface area (Å²) in [6.07, 6.45) is 0.721. The topological polar surface area (TPSA) is 88.9 Å². The zero-order valence-corrected chi connectivity index (χ0v) is 13.9. The van der Waals surface area contributed by atoms with Gasteiger partial charge in [-0.1, -0.05) is 24.9 Å². The van der Waals surface area contributed by atoms with Crippen molar-refractivity contribution in [3.8, 4) is 5.88 Å². The van der Waals surface area contributed by atoms with Crippen LogP contribution < -0.4 is 15.1 Å². The van der Waals surface area contributed by atoms with Crippen molar-refractivity contribution in [2.45, 2.75) is 19.8 Å². The monoisotopic (exact) mass is 350 g/mol. The molecule has 24 heavy (non-hydrogen) atoms. The van der Waals surface area contributed by atoms with Crippen molar-refractivity contribution in [1.82, 2.24) is 15.3 Å². The highest BCUT2D eigenvalue weighted by Gasteiger charge is 2.24. The number of amides is 1. The number of alkyl carbamates (subject to hydrolysis) is 1. The lowest BCUT2D eigenvalue weighted by Gasteiger charge is -2.22. The molecule has 126 valence electrons. The number of aromatic nitrogens is 2. The van der Waals surface area contributed by atoms with Gasteiger partial charge in [-0.15, -0.1) is 5.10 Å². The van der Waals surface area contributed by atoms with E-state index in [-0.39, 0.29) is 18.5 Å². The third-order valence-corrected chi connectivity index (χ3v) is 3.45. The van der Waals surface area contributed by atoms with E-state index >= 15 is 0 Å². The van der Waals surface area contributed by atoms with Gasteiger partial charge in [0, 0.05) is 12.1 Å². The molecule has 0 radical (unpaired) electrons. The van der Waals surface area contributed by atoms with Crippen LogP contribution in [0.2, 0.25) is 6.43 Å². The van der Waals surface area contributed by atoms with Crippen molar-refractivity contribution in [2.75, 3.05) is 18.7 Å². The highest BCUT2D eigenvalue weighted by atomic mass is 35.5. The Morgan fingerprint density at radius 3 is 3.08 bits per heavy atom. The Labute approximate surface area is 144 Å². The van der Waals surface area contributed by atoms with E-state index in [0.717, 1.165) is 6.42 Å². The van der Waals surface area contributed by atoms with Crippen molar-refractivity contribution in [2.24, 2.45) is 5.10 Å². The maximum Gasteiger partial charge on any atom is 0.415 e. The van der Waals surface area contributed by atoms with E-state index in [1.807, 2.05) is 6.92 Å². The molecule has 0 saturated carbocycles. The second-order valence-corrected chi connectivity index (χ2v) is 5.51. The van der Waals surface area contributed by atoms with E-state index in [0.29, 0.717) is 33.6 Å². The van der Waals surface area contributed by atoms with E-state index in [4.69, 9.17) is 22.5 Å². The number of nitrogens with zero attached hydrogens (tertiary/aromatic N) is 4. The number of halogens is 1. The van der Waals surface area contributed by atoms with Gasteiger partial charge < -0.3 is 9.47 Å². The van der Waals surface area contributed by atoms with E-state index in [1.54, 1.807) is 25.2 Å². The van der Waals surface area contributed by atoms with Crippen LogP contribution >= 0.6 is 11.6 Å². The first-order chi connectivity index (χ1) is 12.0. The average molecular weight is 351 g/mol. The van der Waals surface area contributed by atoms with Gasteiger partial charge in [0.25, 0.3) is 5.88 Å². The van der Waals surface area contributed by atoms with Gasteiger partial charge >= 0.3 is 12.1 Å². The largest absolute Gasteiger partial charge is 0.449 e. The predicted molar refractivity (Wildman–Crippen MR) is 90.4 cm³/mol. The fourth-order valence-electron chi connectivity index (χ4n) is 2.02. The lowest BCUT2D eigenvalue weighted by Crippen LogP contribution is -2.39. The summed E-state index contributed by atoms with van der Waals surface area (Å²) in [4.78, 5) is 20.6.